The highest BCUT2D eigenvalue weighted by Crippen LogP contribution is 2.35. The van der Waals surface area contributed by atoms with Gasteiger partial charge < -0.3 is 0 Å². The molecular weight excluding hydrogens is 441 g/mol. The normalized spacial score (nSPS) is 11.4. The predicted octanol–water partition coefficient (Wildman–Crippen LogP) is 5.47. The summed E-state index contributed by atoms with van der Waals surface area (Å²) < 4.78 is 42.1. The highest BCUT2D eigenvalue weighted by atomic mass is 32.1. The van der Waals surface area contributed by atoms with Crippen molar-refractivity contribution in [3.8, 4) is 16.9 Å². The molecule has 0 radical (unpaired) electrons. The number of aromatic nitrogens is 3. The zero-order valence-electron chi connectivity index (χ0n) is 16.6. The van der Waals surface area contributed by atoms with Crippen molar-refractivity contribution in [3.63, 3.8) is 0 Å². The molecule has 2 aromatic heterocycles. The number of rotatable bonds is 5. The summed E-state index contributed by atoms with van der Waals surface area (Å²) in [6.07, 6.45) is -3.97. The van der Waals surface area contributed by atoms with Crippen LogP contribution in [0.4, 0.5) is 18.3 Å². The van der Waals surface area contributed by atoms with Gasteiger partial charge in [-0.3, -0.25) is 14.9 Å². The lowest BCUT2D eigenvalue weighted by Gasteiger charge is -2.12. The number of hydrogen-bond acceptors (Lipinski definition) is 5. The second-order valence-electron chi connectivity index (χ2n) is 6.73. The topological polar surface area (TPSA) is 76.9 Å². The Kier molecular flexibility index (Phi) is 5.62. The Labute approximate surface area is 184 Å². The van der Waals surface area contributed by atoms with Crippen LogP contribution in [0.25, 0.3) is 16.9 Å². The quantitative estimate of drug-likeness (QED) is 0.404. The molecule has 0 bridgehead atoms. The minimum absolute atomic E-state index is 0.0136. The fourth-order valence-electron chi connectivity index (χ4n) is 3.12. The summed E-state index contributed by atoms with van der Waals surface area (Å²) in [6.45, 7) is 1.36. The average Bonchev–Trinajstić information content (AvgIpc) is 3.40. The van der Waals surface area contributed by atoms with Crippen LogP contribution >= 0.6 is 11.3 Å². The van der Waals surface area contributed by atoms with E-state index in [4.69, 9.17) is 0 Å². The first-order chi connectivity index (χ1) is 15.3. The molecule has 2 heterocycles. The van der Waals surface area contributed by atoms with E-state index in [0.29, 0.717) is 20.8 Å². The molecule has 1 N–H and O–H groups in total. The number of benzene rings is 2. The fraction of sp³-hybridized carbons (Fsp3) is 0.0909. The number of ketones is 1. The number of nitrogens with zero attached hydrogens (tertiary/aromatic N) is 3. The molecule has 162 valence electrons. The number of amides is 1. The Morgan fingerprint density at radius 1 is 1.00 bits per heavy atom. The van der Waals surface area contributed by atoms with Crippen LogP contribution < -0.4 is 5.32 Å². The molecule has 10 heteroatoms. The molecule has 4 rings (SSSR count). The van der Waals surface area contributed by atoms with Crippen LogP contribution in [0.15, 0.2) is 66.9 Å². The van der Waals surface area contributed by atoms with E-state index in [1.807, 2.05) is 0 Å². The maximum atomic E-state index is 13.8. The monoisotopic (exact) mass is 456 g/mol. The van der Waals surface area contributed by atoms with Gasteiger partial charge in [0, 0.05) is 12.5 Å². The summed E-state index contributed by atoms with van der Waals surface area (Å²) in [4.78, 5) is 29.4. The number of anilines is 1. The SMILES string of the molecule is CC(=O)c1sc(NC(=O)c2cnn(-c3ccccc3)c2C(F)(F)F)nc1-c1ccccc1. The number of halogens is 3. The molecule has 0 atom stereocenters. The van der Waals surface area contributed by atoms with Gasteiger partial charge in [0.25, 0.3) is 5.91 Å². The van der Waals surface area contributed by atoms with Gasteiger partial charge in [-0.15, -0.1) is 0 Å². The van der Waals surface area contributed by atoms with Crippen molar-refractivity contribution in [3.05, 3.63) is 83.0 Å². The first-order valence-corrected chi connectivity index (χ1v) is 10.2. The number of nitrogens with one attached hydrogen (secondary N) is 1. The number of hydrogen-bond donors (Lipinski definition) is 1. The van der Waals surface area contributed by atoms with E-state index in [1.54, 1.807) is 48.5 Å². The maximum absolute atomic E-state index is 13.8. The second kappa shape index (κ2) is 8.39. The molecule has 32 heavy (non-hydrogen) atoms. The minimum atomic E-state index is -4.83. The van der Waals surface area contributed by atoms with Gasteiger partial charge in [0.15, 0.2) is 16.6 Å². The van der Waals surface area contributed by atoms with E-state index in [9.17, 15) is 22.8 Å². The summed E-state index contributed by atoms with van der Waals surface area (Å²) in [5.41, 5.74) is -0.676. The van der Waals surface area contributed by atoms with Gasteiger partial charge in [0.1, 0.15) is 0 Å². The van der Waals surface area contributed by atoms with Crippen molar-refractivity contribution >= 4 is 28.2 Å². The van der Waals surface area contributed by atoms with E-state index in [-0.39, 0.29) is 16.6 Å². The highest BCUT2D eigenvalue weighted by Gasteiger charge is 2.40. The molecule has 0 saturated heterocycles. The molecule has 6 nitrogen and oxygen atoms in total. The Balaban J connectivity index is 1.71. The second-order valence-corrected chi connectivity index (χ2v) is 7.72. The first kappa shape index (κ1) is 21.4. The Hall–Kier alpha value is -3.79. The summed E-state index contributed by atoms with van der Waals surface area (Å²) in [7, 11) is 0. The van der Waals surface area contributed by atoms with Crippen molar-refractivity contribution in [1.29, 1.82) is 0 Å². The number of carbonyl (C=O) groups is 2. The lowest BCUT2D eigenvalue weighted by Crippen LogP contribution is -2.20. The highest BCUT2D eigenvalue weighted by molar-refractivity contribution is 7.18. The first-order valence-electron chi connectivity index (χ1n) is 9.35. The summed E-state index contributed by atoms with van der Waals surface area (Å²) in [6, 6.07) is 16.5. The van der Waals surface area contributed by atoms with Crippen LogP contribution in [0.1, 0.15) is 32.6 Å². The van der Waals surface area contributed by atoms with Crippen LogP contribution in [0, 0.1) is 0 Å². The molecule has 1 amide bonds. The van der Waals surface area contributed by atoms with Crippen LogP contribution in [0.5, 0.6) is 0 Å². The third kappa shape index (κ3) is 4.17. The minimum Gasteiger partial charge on any atom is -0.298 e. The number of thiazole rings is 1. The van der Waals surface area contributed by atoms with Crippen LogP contribution in [0.2, 0.25) is 0 Å². The average molecular weight is 456 g/mol. The number of Topliss-reactive ketones (excluding diaryl/α,β-unsaturated/α-hetero) is 1. The number of carbonyl (C=O) groups excluding carboxylic acids is 2. The largest absolute Gasteiger partial charge is 0.434 e. The van der Waals surface area contributed by atoms with E-state index in [2.05, 4.69) is 15.4 Å². The van der Waals surface area contributed by atoms with Gasteiger partial charge in [0.05, 0.1) is 28.0 Å². The summed E-state index contributed by atoms with van der Waals surface area (Å²) in [5.74, 6) is -1.29. The Morgan fingerprint density at radius 2 is 1.62 bits per heavy atom. The molecule has 4 aromatic rings. The van der Waals surface area contributed by atoms with Crippen molar-refractivity contribution in [2.75, 3.05) is 5.32 Å². The van der Waals surface area contributed by atoms with Gasteiger partial charge in [-0.05, 0) is 12.1 Å². The van der Waals surface area contributed by atoms with E-state index < -0.39 is 23.3 Å². The van der Waals surface area contributed by atoms with Crippen LogP contribution in [-0.4, -0.2) is 26.5 Å². The molecule has 0 aliphatic carbocycles. The predicted molar refractivity (Wildman–Crippen MR) is 114 cm³/mol. The van der Waals surface area contributed by atoms with E-state index >= 15 is 0 Å². The van der Waals surface area contributed by atoms with Gasteiger partial charge in [-0.25, -0.2) is 9.67 Å². The molecule has 0 spiro atoms. The summed E-state index contributed by atoms with van der Waals surface area (Å²) >= 11 is 0.901. The van der Waals surface area contributed by atoms with Crippen molar-refractivity contribution in [2.45, 2.75) is 13.1 Å². The third-order valence-corrected chi connectivity index (χ3v) is 5.57. The van der Waals surface area contributed by atoms with Crippen molar-refractivity contribution < 1.29 is 22.8 Å². The van der Waals surface area contributed by atoms with Gasteiger partial charge in [-0.1, -0.05) is 59.9 Å². The Bertz CT molecular complexity index is 1280. The van der Waals surface area contributed by atoms with E-state index in [1.165, 1.54) is 19.1 Å². The molecular formula is C22H15F3N4O2S. The molecule has 2 aromatic carbocycles. The standard InChI is InChI=1S/C22H15F3N4O2S/c1-13(30)18-17(14-8-4-2-5-9-14)27-21(32-18)28-20(31)16-12-26-29(19(16)22(23,24)25)15-10-6-3-7-11-15/h2-12H,1H3,(H,27,28,31). The van der Waals surface area contributed by atoms with Gasteiger partial charge in [0.2, 0.25) is 0 Å². The van der Waals surface area contributed by atoms with Crippen molar-refractivity contribution in [1.82, 2.24) is 14.8 Å². The maximum Gasteiger partial charge on any atom is 0.434 e. The van der Waals surface area contributed by atoms with Crippen LogP contribution in [-0.2, 0) is 6.18 Å². The zero-order chi connectivity index (χ0) is 22.9. The number of para-hydroxylation sites is 1. The lowest BCUT2D eigenvalue weighted by molar-refractivity contribution is -0.143. The van der Waals surface area contributed by atoms with Gasteiger partial charge >= 0.3 is 6.18 Å². The smallest absolute Gasteiger partial charge is 0.298 e. The Morgan fingerprint density at radius 3 is 2.22 bits per heavy atom. The molecule has 0 aliphatic heterocycles. The summed E-state index contributed by atoms with van der Waals surface area (Å²) in [5, 5.41) is 6.18. The third-order valence-electron chi connectivity index (χ3n) is 4.50. The van der Waals surface area contributed by atoms with Crippen LogP contribution in [0.3, 0.4) is 0 Å². The van der Waals surface area contributed by atoms with Crippen molar-refractivity contribution in [2.24, 2.45) is 0 Å². The number of alkyl halides is 3. The molecule has 0 saturated carbocycles. The molecule has 0 fully saturated rings. The lowest BCUT2D eigenvalue weighted by atomic mass is 10.1. The molecule has 0 unspecified atom stereocenters. The molecule has 0 aliphatic rings. The zero-order valence-corrected chi connectivity index (χ0v) is 17.4. The van der Waals surface area contributed by atoms with Gasteiger partial charge in [-0.2, -0.15) is 18.3 Å². The fourth-order valence-corrected chi connectivity index (χ4v) is 4.00. The van der Waals surface area contributed by atoms with E-state index in [0.717, 1.165) is 17.5 Å².